The first-order valence-corrected chi connectivity index (χ1v) is 7.79. The zero-order chi connectivity index (χ0) is 14.9. The van der Waals surface area contributed by atoms with Gasteiger partial charge in [-0.25, -0.2) is 4.79 Å². The summed E-state index contributed by atoms with van der Waals surface area (Å²) in [4.78, 5) is 11.0. The molecule has 0 saturated heterocycles. The third-order valence-electron chi connectivity index (χ3n) is 3.74. The Kier molecular flexibility index (Phi) is 6.26. The molecule has 3 atom stereocenters. The fraction of sp³-hybridized carbons (Fsp3) is 0.421. The van der Waals surface area contributed by atoms with E-state index >= 15 is 0 Å². The van der Waals surface area contributed by atoms with Gasteiger partial charge in [0.25, 0.3) is 0 Å². The van der Waals surface area contributed by atoms with Gasteiger partial charge < -0.3 is 4.74 Å². The summed E-state index contributed by atoms with van der Waals surface area (Å²) in [5.74, 6) is 1.46. The lowest BCUT2D eigenvalue weighted by molar-refractivity contribution is -0.141. The molecule has 0 amide bonds. The summed E-state index contributed by atoms with van der Waals surface area (Å²) < 4.78 is 5.12. The maximum atomic E-state index is 11.0. The van der Waals surface area contributed by atoms with E-state index in [1.165, 1.54) is 12.5 Å². The number of hydrogen-bond acceptors (Lipinski definition) is 2. The molecule has 1 saturated carbocycles. The van der Waals surface area contributed by atoms with Gasteiger partial charge in [-0.2, -0.15) is 0 Å². The molecule has 2 aliphatic rings. The Labute approximate surface area is 127 Å². The van der Waals surface area contributed by atoms with Crippen molar-refractivity contribution in [2.24, 2.45) is 11.8 Å². The van der Waals surface area contributed by atoms with Crippen molar-refractivity contribution in [3.63, 3.8) is 0 Å². The summed E-state index contributed by atoms with van der Waals surface area (Å²) in [6.07, 6.45) is 24.3. The van der Waals surface area contributed by atoms with Gasteiger partial charge in [-0.05, 0) is 37.2 Å². The van der Waals surface area contributed by atoms with Gasteiger partial charge in [-0.15, -0.1) is 0 Å². The van der Waals surface area contributed by atoms with E-state index in [1.54, 1.807) is 0 Å². The highest BCUT2D eigenvalue weighted by atomic mass is 16.5. The molecule has 1 aliphatic heterocycles. The zero-order valence-corrected chi connectivity index (χ0v) is 12.7. The van der Waals surface area contributed by atoms with Crippen LogP contribution in [-0.2, 0) is 9.53 Å². The van der Waals surface area contributed by atoms with Gasteiger partial charge in [0.15, 0.2) is 0 Å². The van der Waals surface area contributed by atoms with Crippen LogP contribution in [0.4, 0.5) is 0 Å². The second-order valence-electron chi connectivity index (χ2n) is 5.69. The molecule has 1 fully saturated rings. The van der Waals surface area contributed by atoms with Crippen molar-refractivity contribution in [3.8, 4) is 0 Å². The van der Waals surface area contributed by atoms with Crippen LogP contribution in [-0.4, -0.2) is 12.1 Å². The van der Waals surface area contributed by atoms with Crippen molar-refractivity contribution in [1.29, 1.82) is 0 Å². The molecular formula is C19H24O2. The highest BCUT2D eigenvalue weighted by Gasteiger charge is 2.29. The number of esters is 1. The Morgan fingerprint density at radius 1 is 1.14 bits per heavy atom. The maximum Gasteiger partial charge on any atom is 0.331 e. The van der Waals surface area contributed by atoms with Crippen LogP contribution < -0.4 is 0 Å². The van der Waals surface area contributed by atoms with Gasteiger partial charge in [0.05, 0.1) is 0 Å². The lowest BCUT2D eigenvalue weighted by Crippen LogP contribution is -2.17. The van der Waals surface area contributed by atoms with Crippen LogP contribution in [0.2, 0.25) is 0 Å². The van der Waals surface area contributed by atoms with Gasteiger partial charge in [0.2, 0.25) is 0 Å². The highest BCUT2D eigenvalue weighted by Crippen LogP contribution is 2.38. The van der Waals surface area contributed by atoms with Gasteiger partial charge in [0.1, 0.15) is 6.10 Å². The minimum atomic E-state index is -0.251. The molecule has 0 spiro atoms. The Morgan fingerprint density at radius 2 is 1.81 bits per heavy atom. The van der Waals surface area contributed by atoms with Crippen molar-refractivity contribution < 1.29 is 9.53 Å². The summed E-state index contributed by atoms with van der Waals surface area (Å²) in [6.45, 7) is 2.29. The number of carbonyl (C=O) groups is 1. The van der Waals surface area contributed by atoms with Crippen LogP contribution in [0.1, 0.15) is 32.6 Å². The molecule has 0 bridgehead atoms. The van der Waals surface area contributed by atoms with Crippen LogP contribution >= 0.6 is 0 Å². The molecule has 1 heterocycles. The molecule has 21 heavy (non-hydrogen) atoms. The van der Waals surface area contributed by atoms with Crippen LogP contribution in [0, 0.1) is 11.8 Å². The SMILES string of the molecule is C[C@@H]1C[C@H]1/C=C/C=C/CC/C=C/C=C/C1CC=CC(=O)O1. The molecule has 2 heteroatoms. The highest BCUT2D eigenvalue weighted by molar-refractivity contribution is 5.82. The smallest absolute Gasteiger partial charge is 0.331 e. The second kappa shape index (κ2) is 8.46. The Hall–Kier alpha value is -1.83. The summed E-state index contributed by atoms with van der Waals surface area (Å²) in [7, 11) is 0. The average molecular weight is 284 g/mol. The largest absolute Gasteiger partial charge is 0.455 e. The lowest BCUT2D eigenvalue weighted by Gasteiger charge is -2.13. The van der Waals surface area contributed by atoms with E-state index in [1.807, 2.05) is 24.3 Å². The Bertz CT molecular complexity index is 480. The summed E-state index contributed by atoms with van der Waals surface area (Å²) in [5, 5.41) is 0. The van der Waals surface area contributed by atoms with Crippen LogP contribution in [0.3, 0.4) is 0 Å². The number of unbranched alkanes of at least 4 members (excludes halogenated alkanes) is 1. The molecule has 0 aromatic heterocycles. The summed E-state index contributed by atoms with van der Waals surface area (Å²) >= 11 is 0. The number of carbonyl (C=O) groups excluding carboxylic acids is 1. The van der Waals surface area contributed by atoms with Crippen LogP contribution in [0.15, 0.2) is 60.8 Å². The van der Waals surface area contributed by atoms with Crippen molar-refractivity contribution in [1.82, 2.24) is 0 Å². The van der Waals surface area contributed by atoms with Crippen LogP contribution in [0.25, 0.3) is 0 Å². The first kappa shape index (κ1) is 15.6. The van der Waals surface area contributed by atoms with E-state index in [2.05, 4.69) is 37.3 Å². The number of rotatable bonds is 7. The third-order valence-corrected chi connectivity index (χ3v) is 3.74. The van der Waals surface area contributed by atoms with E-state index < -0.39 is 0 Å². The van der Waals surface area contributed by atoms with Gasteiger partial charge in [-0.3, -0.25) is 0 Å². The molecule has 1 unspecified atom stereocenters. The van der Waals surface area contributed by atoms with Gasteiger partial charge >= 0.3 is 5.97 Å². The predicted octanol–water partition coefficient (Wildman–Crippen LogP) is 4.52. The molecular weight excluding hydrogens is 260 g/mol. The zero-order valence-electron chi connectivity index (χ0n) is 12.7. The number of cyclic esters (lactones) is 1. The standard InChI is InChI=1S/C19H24O2/c1-16-15-17(16)11-8-6-4-2-3-5-7-9-12-18-13-10-14-19(20)21-18/h4-12,14,16-18H,2-3,13,15H2,1H3/b6-4+,7-5+,11-8+,12-9+/t16-,17-,18?/m1/s1. The first-order chi connectivity index (χ1) is 10.3. The normalized spacial score (nSPS) is 29.2. The molecule has 0 N–H and O–H groups in total. The quantitative estimate of drug-likeness (QED) is 0.390. The Morgan fingerprint density at radius 3 is 2.43 bits per heavy atom. The van der Waals surface area contributed by atoms with Crippen LogP contribution in [0.5, 0.6) is 0 Å². The van der Waals surface area contributed by atoms with Crippen molar-refractivity contribution in [2.75, 3.05) is 0 Å². The van der Waals surface area contributed by atoms with E-state index in [0.717, 1.165) is 31.1 Å². The molecule has 0 radical (unpaired) electrons. The van der Waals surface area contributed by atoms with E-state index in [0.29, 0.717) is 0 Å². The fourth-order valence-electron chi connectivity index (χ4n) is 2.21. The van der Waals surface area contributed by atoms with E-state index in [9.17, 15) is 4.79 Å². The Balaban J connectivity index is 1.53. The summed E-state index contributed by atoms with van der Waals surface area (Å²) in [6, 6.07) is 0. The molecule has 2 rings (SSSR count). The molecule has 0 aromatic rings. The minimum absolute atomic E-state index is 0.109. The molecule has 2 nitrogen and oxygen atoms in total. The van der Waals surface area contributed by atoms with E-state index in [4.69, 9.17) is 4.74 Å². The summed E-state index contributed by atoms with van der Waals surface area (Å²) in [5.41, 5.74) is 0. The topological polar surface area (TPSA) is 26.3 Å². The number of allylic oxidation sites excluding steroid dienone is 7. The molecule has 0 aromatic carbocycles. The fourth-order valence-corrected chi connectivity index (χ4v) is 2.21. The number of hydrogen-bond donors (Lipinski definition) is 0. The van der Waals surface area contributed by atoms with Crippen molar-refractivity contribution in [3.05, 3.63) is 60.8 Å². The maximum absolute atomic E-state index is 11.0. The number of ether oxygens (including phenoxy) is 1. The third kappa shape index (κ3) is 6.44. The second-order valence-corrected chi connectivity index (χ2v) is 5.69. The van der Waals surface area contributed by atoms with E-state index in [-0.39, 0.29) is 12.1 Å². The lowest BCUT2D eigenvalue weighted by atomic mass is 10.2. The minimum Gasteiger partial charge on any atom is -0.455 e. The first-order valence-electron chi connectivity index (χ1n) is 7.79. The monoisotopic (exact) mass is 284 g/mol. The van der Waals surface area contributed by atoms with Crippen molar-refractivity contribution in [2.45, 2.75) is 38.7 Å². The van der Waals surface area contributed by atoms with Gasteiger partial charge in [-0.1, -0.05) is 55.5 Å². The molecule has 112 valence electrons. The average Bonchev–Trinajstić information content (AvgIpc) is 3.17. The van der Waals surface area contributed by atoms with Gasteiger partial charge in [0, 0.05) is 12.5 Å². The van der Waals surface area contributed by atoms with Crippen molar-refractivity contribution >= 4 is 5.97 Å². The predicted molar refractivity (Wildman–Crippen MR) is 86.7 cm³/mol. The molecule has 1 aliphatic carbocycles.